The van der Waals surface area contributed by atoms with Crippen molar-refractivity contribution in [1.82, 2.24) is 30.3 Å². The van der Waals surface area contributed by atoms with E-state index < -0.39 is 0 Å². The number of amides is 1. The zero-order valence-electron chi connectivity index (χ0n) is 12.1. The van der Waals surface area contributed by atoms with Gasteiger partial charge in [0.1, 0.15) is 0 Å². The number of likely N-dealkylation sites (N-methyl/N-ethyl adjacent to an activating group) is 1. The highest BCUT2D eigenvalue weighted by molar-refractivity contribution is 5.94. The van der Waals surface area contributed by atoms with Gasteiger partial charge in [-0.3, -0.25) is 4.79 Å². The number of fused-ring (bicyclic) bond motifs is 1. The van der Waals surface area contributed by atoms with Crippen LogP contribution in [0.25, 0.3) is 5.65 Å². The largest absolute Gasteiger partial charge is 0.375 e. The standard InChI is InChI=1S/C13H18N6O2/c1-3-21-11-8-18(2)7-10(11)14-13(20)9-4-5-12-15-16-17-19(12)6-9/h4-6,10-11H,3,7-8H2,1-2H3,(H,14,20)/t10-,11-/m0/s1. The molecule has 0 aliphatic carbocycles. The highest BCUT2D eigenvalue weighted by Crippen LogP contribution is 2.13. The summed E-state index contributed by atoms with van der Waals surface area (Å²) in [6.07, 6.45) is 1.65. The third kappa shape index (κ3) is 2.86. The van der Waals surface area contributed by atoms with Crippen LogP contribution in [0.4, 0.5) is 0 Å². The fourth-order valence-corrected chi connectivity index (χ4v) is 2.61. The second-order valence-corrected chi connectivity index (χ2v) is 5.19. The number of hydrogen-bond acceptors (Lipinski definition) is 6. The van der Waals surface area contributed by atoms with E-state index in [1.54, 1.807) is 18.3 Å². The van der Waals surface area contributed by atoms with E-state index in [9.17, 15) is 4.79 Å². The van der Waals surface area contributed by atoms with Crippen molar-refractivity contribution in [2.24, 2.45) is 0 Å². The van der Waals surface area contributed by atoms with Crippen LogP contribution in [-0.2, 0) is 4.74 Å². The average molecular weight is 290 g/mol. The van der Waals surface area contributed by atoms with Crippen molar-refractivity contribution in [3.8, 4) is 0 Å². The molecule has 1 aliphatic rings. The zero-order chi connectivity index (χ0) is 14.8. The molecule has 1 saturated heterocycles. The highest BCUT2D eigenvalue weighted by atomic mass is 16.5. The molecule has 2 aromatic rings. The molecule has 3 heterocycles. The number of tetrazole rings is 1. The van der Waals surface area contributed by atoms with Crippen molar-refractivity contribution in [2.75, 3.05) is 26.7 Å². The molecule has 0 saturated carbocycles. The molecule has 0 aromatic carbocycles. The third-order valence-electron chi connectivity index (χ3n) is 3.60. The number of carbonyl (C=O) groups is 1. The fraction of sp³-hybridized carbons (Fsp3) is 0.538. The van der Waals surface area contributed by atoms with E-state index in [0.717, 1.165) is 13.1 Å². The molecule has 0 bridgehead atoms. The molecule has 0 spiro atoms. The van der Waals surface area contributed by atoms with Gasteiger partial charge in [0.15, 0.2) is 5.65 Å². The summed E-state index contributed by atoms with van der Waals surface area (Å²) in [5.41, 5.74) is 1.14. The van der Waals surface area contributed by atoms with E-state index in [0.29, 0.717) is 17.8 Å². The van der Waals surface area contributed by atoms with Crippen molar-refractivity contribution < 1.29 is 9.53 Å². The Morgan fingerprint density at radius 2 is 2.33 bits per heavy atom. The van der Waals surface area contributed by atoms with Gasteiger partial charge in [0.2, 0.25) is 0 Å². The molecular weight excluding hydrogens is 272 g/mol. The maximum Gasteiger partial charge on any atom is 0.253 e. The van der Waals surface area contributed by atoms with Gasteiger partial charge in [-0.05, 0) is 36.5 Å². The second-order valence-electron chi connectivity index (χ2n) is 5.19. The lowest BCUT2D eigenvalue weighted by Crippen LogP contribution is -2.44. The van der Waals surface area contributed by atoms with Crippen molar-refractivity contribution in [3.05, 3.63) is 23.9 Å². The minimum Gasteiger partial charge on any atom is -0.375 e. The molecular formula is C13H18N6O2. The first-order valence-corrected chi connectivity index (χ1v) is 6.96. The van der Waals surface area contributed by atoms with Crippen molar-refractivity contribution in [2.45, 2.75) is 19.1 Å². The number of likely N-dealkylation sites (tertiary alicyclic amines) is 1. The fourth-order valence-electron chi connectivity index (χ4n) is 2.61. The van der Waals surface area contributed by atoms with Gasteiger partial charge < -0.3 is 15.0 Å². The molecule has 3 rings (SSSR count). The summed E-state index contributed by atoms with van der Waals surface area (Å²) in [6, 6.07) is 3.43. The predicted octanol–water partition coefficient (Wildman–Crippen LogP) is -0.427. The summed E-state index contributed by atoms with van der Waals surface area (Å²) < 4.78 is 7.17. The smallest absolute Gasteiger partial charge is 0.253 e. The first-order valence-electron chi connectivity index (χ1n) is 6.96. The normalized spacial score (nSPS) is 22.8. The van der Waals surface area contributed by atoms with Crippen LogP contribution in [0, 0.1) is 0 Å². The van der Waals surface area contributed by atoms with Gasteiger partial charge in [0.25, 0.3) is 5.91 Å². The van der Waals surface area contributed by atoms with Crippen LogP contribution in [0.5, 0.6) is 0 Å². The molecule has 1 N–H and O–H groups in total. The first-order chi connectivity index (χ1) is 10.2. The van der Waals surface area contributed by atoms with E-state index in [1.165, 1.54) is 4.52 Å². The first kappa shape index (κ1) is 13.9. The summed E-state index contributed by atoms with van der Waals surface area (Å²) in [4.78, 5) is 14.5. The van der Waals surface area contributed by atoms with Crippen molar-refractivity contribution >= 4 is 11.6 Å². The van der Waals surface area contributed by atoms with E-state index >= 15 is 0 Å². The van der Waals surface area contributed by atoms with Gasteiger partial charge in [0, 0.05) is 25.9 Å². The molecule has 1 amide bonds. The Hall–Kier alpha value is -2.06. The van der Waals surface area contributed by atoms with Crippen LogP contribution < -0.4 is 5.32 Å². The molecule has 8 nitrogen and oxygen atoms in total. The van der Waals surface area contributed by atoms with Gasteiger partial charge in [0.05, 0.1) is 17.7 Å². The van der Waals surface area contributed by atoms with Crippen LogP contribution in [-0.4, -0.2) is 69.7 Å². The van der Waals surface area contributed by atoms with E-state index in [2.05, 4.69) is 25.7 Å². The quantitative estimate of drug-likeness (QED) is 0.823. The zero-order valence-corrected chi connectivity index (χ0v) is 12.1. The topological polar surface area (TPSA) is 84.6 Å². The monoisotopic (exact) mass is 290 g/mol. The Morgan fingerprint density at radius 1 is 1.48 bits per heavy atom. The number of nitrogens with zero attached hydrogens (tertiary/aromatic N) is 5. The molecule has 1 aliphatic heterocycles. The number of aromatic nitrogens is 4. The Balaban J connectivity index is 1.72. The number of nitrogens with one attached hydrogen (secondary N) is 1. The number of ether oxygens (including phenoxy) is 1. The van der Waals surface area contributed by atoms with Crippen LogP contribution in [0.3, 0.4) is 0 Å². The lowest BCUT2D eigenvalue weighted by molar-refractivity contribution is 0.0513. The molecule has 1 fully saturated rings. The van der Waals surface area contributed by atoms with E-state index in [4.69, 9.17) is 4.74 Å². The number of rotatable bonds is 4. The minimum absolute atomic E-state index is 0.00739. The SMILES string of the molecule is CCO[C@H]1CN(C)C[C@@H]1NC(=O)c1ccc2nnnn2c1. The van der Waals surface area contributed by atoms with E-state index in [-0.39, 0.29) is 18.1 Å². The number of pyridine rings is 1. The van der Waals surface area contributed by atoms with E-state index in [1.807, 2.05) is 14.0 Å². The molecule has 8 heteroatoms. The highest BCUT2D eigenvalue weighted by Gasteiger charge is 2.32. The van der Waals surface area contributed by atoms with Crippen molar-refractivity contribution in [1.29, 1.82) is 0 Å². The lowest BCUT2D eigenvalue weighted by atomic mass is 10.2. The summed E-state index contributed by atoms with van der Waals surface area (Å²) in [5, 5.41) is 14.2. The summed E-state index contributed by atoms with van der Waals surface area (Å²) >= 11 is 0. The Bertz CT molecular complexity index is 642. The van der Waals surface area contributed by atoms with Crippen LogP contribution in [0.15, 0.2) is 18.3 Å². The summed E-state index contributed by atoms with van der Waals surface area (Å²) in [5.74, 6) is -0.141. The summed E-state index contributed by atoms with van der Waals surface area (Å²) in [7, 11) is 2.02. The number of hydrogen-bond donors (Lipinski definition) is 1. The lowest BCUT2D eigenvalue weighted by Gasteiger charge is -2.19. The molecule has 0 unspecified atom stereocenters. The van der Waals surface area contributed by atoms with Gasteiger partial charge in [-0.2, -0.15) is 4.52 Å². The maximum absolute atomic E-state index is 12.4. The van der Waals surface area contributed by atoms with Gasteiger partial charge in [-0.1, -0.05) is 0 Å². The third-order valence-corrected chi connectivity index (χ3v) is 3.60. The average Bonchev–Trinajstić information content (AvgIpc) is 3.05. The Morgan fingerprint density at radius 3 is 3.14 bits per heavy atom. The summed E-state index contributed by atoms with van der Waals surface area (Å²) in [6.45, 7) is 4.21. The van der Waals surface area contributed by atoms with Crippen molar-refractivity contribution in [3.63, 3.8) is 0 Å². The second kappa shape index (κ2) is 5.74. The van der Waals surface area contributed by atoms with Crippen LogP contribution in [0.2, 0.25) is 0 Å². The molecule has 0 radical (unpaired) electrons. The Labute approximate surface area is 122 Å². The van der Waals surface area contributed by atoms with Crippen LogP contribution >= 0.6 is 0 Å². The Kier molecular flexibility index (Phi) is 3.80. The molecule has 2 aromatic heterocycles. The van der Waals surface area contributed by atoms with Gasteiger partial charge >= 0.3 is 0 Å². The predicted molar refractivity (Wildman–Crippen MR) is 74.9 cm³/mol. The van der Waals surface area contributed by atoms with Gasteiger partial charge in [-0.25, -0.2) is 0 Å². The van der Waals surface area contributed by atoms with Crippen LogP contribution in [0.1, 0.15) is 17.3 Å². The van der Waals surface area contributed by atoms with Gasteiger partial charge in [-0.15, -0.1) is 5.10 Å². The molecule has 112 valence electrons. The number of carbonyl (C=O) groups excluding carboxylic acids is 1. The molecule has 2 atom stereocenters. The molecule has 21 heavy (non-hydrogen) atoms. The maximum atomic E-state index is 12.4. The minimum atomic E-state index is -0.141.